The predicted molar refractivity (Wildman–Crippen MR) is 76.6 cm³/mol. The van der Waals surface area contributed by atoms with Gasteiger partial charge in [0.05, 0.1) is 11.6 Å². The zero-order valence-electron chi connectivity index (χ0n) is 11.9. The van der Waals surface area contributed by atoms with E-state index in [2.05, 4.69) is 13.0 Å². The van der Waals surface area contributed by atoms with Crippen LogP contribution in [0.4, 0.5) is 0 Å². The third kappa shape index (κ3) is 5.13. The summed E-state index contributed by atoms with van der Waals surface area (Å²) in [5.41, 5.74) is 1.77. The van der Waals surface area contributed by atoms with Crippen LogP contribution >= 0.6 is 0 Å². The van der Waals surface area contributed by atoms with Gasteiger partial charge in [-0.3, -0.25) is 4.79 Å². The van der Waals surface area contributed by atoms with Gasteiger partial charge in [-0.25, -0.2) is 0 Å². The minimum absolute atomic E-state index is 0.223. The highest BCUT2D eigenvalue weighted by molar-refractivity contribution is 5.76. The van der Waals surface area contributed by atoms with Gasteiger partial charge in [0.25, 0.3) is 0 Å². The smallest absolute Gasteiger partial charge is 0.222 e. The first kappa shape index (κ1) is 15.2. The molecule has 3 heteroatoms. The molecule has 0 fully saturated rings. The van der Waals surface area contributed by atoms with Gasteiger partial charge < -0.3 is 4.90 Å². The second kappa shape index (κ2) is 8.31. The van der Waals surface area contributed by atoms with Crippen LogP contribution in [-0.4, -0.2) is 23.9 Å². The van der Waals surface area contributed by atoms with Crippen LogP contribution in [0.15, 0.2) is 24.3 Å². The topological polar surface area (TPSA) is 44.1 Å². The minimum Gasteiger partial charge on any atom is -0.343 e. The Kier molecular flexibility index (Phi) is 6.67. The van der Waals surface area contributed by atoms with Crippen LogP contribution in [0.2, 0.25) is 0 Å². The van der Waals surface area contributed by atoms with Crippen LogP contribution in [0, 0.1) is 11.3 Å². The molecule has 1 aromatic rings. The molecule has 0 aliphatic heterocycles. The van der Waals surface area contributed by atoms with E-state index in [1.807, 2.05) is 24.0 Å². The molecule has 1 amide bonds. The molecule has 1 rings (SSSR count). The molecule has 0 heterocycles. The molecule has 0 bridgehead atoms. The van der Waals surface area contributed by atoms with Gasteiger partial charge in [0.1, 0.15) is 0 Å². The summed E-state index contributed by atoms with van der Waals surface area (Å²) in [6.45, 7) is 5.80. The van der Waals surface area contributed by atoms with Crippen molar-refractivity contribution in [3.8, 4) is 6.07 Å². The molecule has 0 atom stereocenters. The number of aryl methyl sites for hydroxylation is 1. The highest BCUT2D eigenvalue weighted by Gasteiger charge is 2.10. The molecule has 1 aromatic carbocycles. The van der Waals surface area contributed by atoms with E-state index >= 15 is 0 Å². The van der Waals surface area contributed by atoms with E-state index in [-0.39, 0.29) is 5.91 Å². The van der Waals surface area contributed by atoms with Crippen LogP contribution < -0.4 is 0 Å². The van der Waals surface area contributed by atoms with Gasteiger partial charge in [-0.2, -0.15) is 5.26 Å². The van der Waals surface area contributed by atoms with E-state index in [1.54, 1.807) is 12.1 Å². The lowest BCUT2D eigenvalue weighted by Gasteiger charge is -2.20. The predicted octanol–water partition coefficient (Wildman–Crippen LogP) is 3.14. The largest absolute Gasteiger partial charge is 0.343 e. The van der Waals surface area contributed by atoms with E-state index in [9.17, 15) is 4.79 Å². The second-order valence-corrected chi connectivity index (χ2v) is 4.64. The lowest BCUT2D eigenvalue weighted by Crippen LogP contribution is -2.31. The number of benzene rings is 1. The number of amides is 1. The van der Waals surface area contributed by atoms with Gasteiger partial charge in [0, 0.05) is 19.5 Å². The van der Waals surface area contributed by atoms with Crippen LogP contribution in [0.3, 0.4) is 0 Å². The zero-order valence-corrected chi connectivity index (χ0v) is 11.9. The van der Waals surface area contributed by atoms with Gasteiger partial charge in [-0.1, -0.05) is 25.5 Å². The van der Waals surface area contributed by atoms with E-state index in [0.717, 1.165) is 37.9 Å². The Morgan fingerprint density at radius 2 is 1.95 bits per heavy atom. The summed E-state index contributed by atoms with van der Waals surface area (Å²) in [5, 5.41) is 8.72. The SMILES string of the molecule is CCCCN(CC)C(=O)CCc1ccc(C#N)cc1. The van der Waals surface area contributed by atoms with Gasteiger partial charge in [-0.15, -0.1) is 0 Å². The average molecular weight is 258 g/mol. The molecule has 19 heavy (non-hydrogen) atoms. The molecular weight excluding hydrogens is 236 g/mol. The van der Waals surface area contributed by atoms with Crippen LogP contribution in [0.5, 0.6) is 0 Å². The number of rotatable bonds is 7. The third-order valence-electron chi connectivity index (χ3n) is 3.23. The molecule has 0 saturated carbocycles. The third-order valence-corrected chi connectivity index (χ3v) is 3.23. The maximum Gasteiger partial charge on any atom is 0.222 e. The summed E-state index contributed by atoms with van der Waals surface area (Å²) in [4.78, 5) is 14.0. The highest BCUT2D eigenvalue weighted by Crippen LogP contribution is 2.08. The number of nitriles is 1. The Balaban J connectivity index is 2.45. The summed E-state index contributed by atoms with van der Waals surface area (Å²) < 4.78 is 0. The number of nitrogens with zero attached hydrogens (tertiary/aromatic N) is 2. The van der Waals surface area contributed by atoms with Crippen molar-refractivity contribution in [1.29, 1.82) is 5.26 Å². The van der Waals surface area contributed by atoms with E-state index < -0.39 is 0 Å². The first-order chi connectivity index (χ1) is 9.21. The molecule has 0 spiro atoms. The minimum atomic E-state index is 0.223. The number of carbonyl (C=O) groups is 1. The van der Waals surface area contributed by atoms with Crippen molar-refractivity contribution in [2.75, 3.05) is 13.1 Å². The van der Waals surface area contributed by atoms with Crippen molar-refractivity contribution in [2.24, 2.45) is 0 Å². The Morgan fingerprint density at radius 3 is 2.47 bits per heavy atom. The Hall–Kier alpha value is -1.82. The monoisotopic (exact) mass is 258 g/mol. The van der Waals surface area contributed by atoms with E-state index in [4.69, 9.17) is 5.26 Å². The number of carbonyl (C=O) groups excluding carboxylic acids is 1. The summed E-state index contributed by atoms with van der Waals surface area (Å²) in [6, 6.07) is 9.54. The van der Waals surface area contributed by atoms with E-state index in [1.165, 1.54) is 0 Å². The van der Waals surface area contributed by atoms with Crippen molar-refractivity contribution >= 4 is 5.91 Å². The lowest BCUT2D eigenvalue weighted by molar-refractivity contribution is -0.131. The molecular formula is C16H22N2O. The molecule has 0 N–H and O–H groups in total. The average Bonchev–Trinajstić information content (AvgIpc) is 2.46. The molecule has 0 aliphatic rings. The maximum absolute atomic E-state index is 12.1. The lowest BCUT2D eigenvalue weighted by atomic mass is 10.1. The molecule has 0 unspecified atom stereocenters. The number of hydrogen-bond donors (Lipinski definition) is 0. The van der Waals surface area contributed by atoms with Crippen LogP contribution in [-0.2, 0) is 11.2 Å². The number of unbranched alkanes of at least 4 members (excludes halogenated alkanes) is 1. The van der Waals surface area contributed by atoms with Gasteiger partial charge >= 0.3 is 0 Å². The first-order valence-corrected chi connectivity index (χ1v) is 6.98. The highest BCUT2D eigenvalue weighted by atomic mass is 16.2. The second-order valence-electron chi connectivity index (χ2n) is 4.64. The quantitative estimate of drug-likeness (QED) is 0.754. The molecule has 0 aromatic heterocycles. The fourth-order valence-corrected chi connectivity index (χ4v) is 1.96. The Bertz CT molecular complexity index is 431. The van der Waals surface area contributed by atoms with Crippen LogP contribution in [0.1, 0.15) is 44.2 Å². The molecule has 0 saturated heterocycles. The van der Waals surface area contributed by atoms with E-state index in [0.29, 0.717) is 12.0 Å². The summed E-state index contributed by atoms with van der Waals surface area (Å²) in [5.74, 6) is 0.223. The van der Waals surface area contributed by atoms with Crippen molar-refractivity contribution < 1.29 is 4.79 Å². The Morgan fingerprint density at radius 1 is 1.26 bits per heavy atom. The zero-order chi connectivity index (χ0) is 14.1. The maximum atomic E-state index is 12.1. The number of hydrogen-bond acceptors (Lipinski definition) is 2. The van der Waals surface area contributed by atoms with Crippen molar-refractivity contribution in [2.45, 2.75) is 39.5 Å². The normalized spacial score (nSPS) is 9.95. The van der Waals surface area contributed by atoms with Gasteiger partial charge in [0.2, 0.25) is 5.91 Å². The molecule has 0 radical (unpaired) electrons. The van der Waals surface area contributed by atoms with Crippen molar-refractivity contribution in [3.63, 3.8) is 0 Å². The van der Waals surface area contributed by atoms with Crippen molar-refractivity contribution in [3.05, 3.63) is 35.4 Å². The first-order valence-electron chi connectivity index (χ1n) is 6.98. The fourth-order valence-electron chi connectivity index (χ4n) is 1.96. The van der Waals surface area contributed by atoms with Crippen LogP contribution in [0.25, 0.3) is 0 Å². The molecule has 102 valence electrons. The summed E-state index contributed by atoms with van der Waals surface area (Å²) >= 11 is 0. The molecule has 0 aliphatic carbocycles. The van der Waals surface area contributed by atoms with Gasteiger partial charge in [-0.05, 0) is 37.5 Å². The molecule has 3 nitrogen and oxygen atoms in total. The Labute approximate surface area is 115 Å². The van der Waals surface area contributed by atoms with Gasteiger partial charge in [0.15, 0.2) is 0 Å². The summed E-state index contributed by atoms with van der Waals surface area (Å²) in [6.07, 6.45) is 3.46. The fraction of sp³-hybridized carbons (Fsp3) is 0.500. The van der Waals surface area contributed by atoms with Crippen molar-refractivity contribution in [1.82, 2.24) is 4.90 Å². The standard InChI is InChI=1S/C16H22N2O/c1-3-5-12-18(4-2)16(19)11-10-14-6-8-15(13-17)9-7-14/h6-9H,3-5,10-12H2,1-2H3. The summed E-state index contributed by atoms with van der Waals surface area (Å²) in [7, 11) is 0.